The third-order valence-electron chi connectivity index (χ3n) is 3.03. The van der Waals surface area contributed by atoms with Gasteiger partial charge in [0.2, 0.25) is 0 Å². The molecular formula is C15H22F3NO2. The SMILES string of the molecule is CC(C)CNCCC(C)(O)c1cccc(OC(F)(F)F)c1. The summed E-state index contributed by atoms with van der Waals surface area (Å²) < 4.78 is 40.5. The molecule has 0 aliphatic carbocycles. The molecule has 0 bridgehead atoms. The molecule has 6 heteroatoms. The molecule has 1 aromatic rings. The molecule has 0 saturated heterocycles. The van der Waals surface area contributed by atoms with Gasteiger partial charge < -0.3 is 15.2 Å². The average Bonchev–Trinajstić information content (AvgIpc) is 2.33. The van der Waals surface area contributed by atoms with Crippen molar-refractivity contribution in [3.8, 4) is 5.75 Å². The monoisotopic (exact) mass is 305 g/mol. The minimum atomic E-state index is -4.73. The van der Waals surface area contributed by atoms with Crippen molar-refractivity contribution in [2.75, 3.05) is 13.1 Å². The van der Waals surface area contributed by atoms with Crippen molar-refractivity contribution >= 4 is 0 Å². The maximum Gasteiger partial charge on any atom is 0.573 e. The van der Waals surface area contributed by atoms with Gasteiger partial charge in [-0.3, -0.25) is 0 Å². The minimum Gasteiger partial charge on any atom is -0.406 e. The number of rotatable bonds is 7. The maximum absolute atomic E-state index is 12.2. The third-order valence-corrected chi connectivity index (χ3v) is 3.03. The summed E-state index contributed by atoms with van der Waals surface area (Å²) in [6.07, 6.45) is -4.33. The predicted octanol–water partition coefficient (Wildman–Crippen LogP) is 3.43. The molecule has 0 radical (unpaired) electrons. The van der Waals surface area contributed by atoms with E-state index in [1.165, 1.54) is 18.2 Å². The minimum absolute atomic E-state index is 0.324. The van der Waals surface area contributed by atoms with Crippen LogP contribution in [0, 0.1) is 5.92 Å². The van der Waals surface area contributed by atoms with Crippen molar-refractivity contribution in [1.82, 2.24) is 5.32 Å². The number of ether oxygens (including phenoxy) is 1. The van der Waals surface area contributed by atoms with Gasteiger partial charge in [0.15, 0.2) is 0 Å². The fourth-order valence-corrected chi connectivity index (χ4v) is 1.90. The highest BCUT2D eigenvalue weighted by Gasteiger charge is 2.32. The molecule has 0 fully saturated rings. The van der Waals surface area contributed by atoms with Crippen molar-refractivity contribution in [2.45, 2.75) is 39.2 Å². The Morgan fingerprint density at radius 2 is 1.95 bits per heavy atom. The second-order valence-electron chi connectivity index (χ2n) is 5.70. The van der Waals surface area contributed by atoms with Gasteiger partial charge in [-0.25, -0.2) is 0 Å². The van der Waals surface area contributed by atoms with Gasteiger partial charge in [0, 0.05) is 0 Å². The molecule has 1 aromatic carbocycles. The van der Waals surface area contributed by atoms with Crippen LogP contribution in [0.5, 0.6) is 5.75 Å². The molecule has 3 nitrogen and oxygen atoms in total. The Morgan fingerprint density at radius 1 is 1.29 bits per heavy atom. The number of aliphatic hydroxyl groups is 1. The molecule has 0 spiro atoms. The van der Waals surface area contributed by atoms with E-state index in [0.717, 1.165) is 6.54 Å². The van der Waals surface area contributed by atoms with Gasteiger partial charge in [-0.05, 0) is 50.0 Å². The Kier molecular flexibility index (Phi) is 6.04. The van der Waals surface area contributed by atoms with Gasteiger partial charge in [0.05, 0.1) is 5.60 Å². The van der Waals surface area contributed by atoms with E-state index in [1.807, 2.05) is 0 Å². The fraction of sp³-hybridized carbons (Fsp3) is 0.600. The zero-order valence-corrected chi connectivity index (χ0v) is 12.5. The Hall–Kier alpha value is -1.27. The van der Waals surface area contributed by atoms with Crippen LogP contribution in [-0.2, 0) is 5.60 Å². The molecule has 1 rings (SSSR count). The average molecular weight is 305 g/mol. The number of hydrogen-bond donors (Lipinski definition) is 2. The highest BCUT2D eigenvalue weighted by atomic mass is 19.4. The number of alkyl halides is 3. The molecule has 0 saturated carbocycles. The van der Waals surface area contributed by atoms with E-state index >= 15 is 0 Å². The largest absolute Gasteiger partial charge is 0.573 e. The maximum atomic E-state index is 12.2. The van der Waals surface area contributed by atoms with Gasteiger partial charge >= 0.3 is 6.36 Å². The van der Waals surface area contributed by atoms with E-state index in [9.17, 15) is 18.3 Å². The van der Waals surface area contributed by atoms with Crippen LogP contribution in [-0.4, -0.2) is 24.6 Å². The standard InChI is InChI=1S/C15H22F3NO2/c1-11(2)10-19-8-7-14(3,20)12-5-4-6-13(9-12)21-15(16,17)18/h4-6,9,11,19-20H,7-8,10H2,1-3H3. The zero-order valence-electron chi connectivity index (χ0n) is 12.5. The summed E-state index contributed by atoms with van der Waals surface area (Å²) in [4.78, 5) is 0. The molecule has 0 aliphatic rings. The van der Waals surface area contributed by atoms with Crippen molar-refractivity contribution < 1.29 is 23.0 Å². The third kappa shape index (κ3) is 6.82. The van der Waals surface area contributed by atoms with Gasteiger partial charge in [0.1, 0.15) is 5.75 Å². The smallest absolute Gasteiger partial charge is 0.406 e. The summed E-state index contributed by atoms with van der Waals surface area (Å²) in [6.45, 7) is 7.13. The van der Waals surface area contributed by atoms with Crippen molar-refractivity contribution in [3.63, 3.8) is 0 Å². The van der Waals surface area contributed by atoms with Crippen LogP contribution in [0.2, 0.25) is 0 Å². The number of halogens is 3. The van der Waals surface area contributed by atoms with E-state index in [-0.39, 0.29) is 5.75 Å². The second kappa shape index (κ2) is 7.13. The van der Waals surface area contributed by atoms with Crippen molar-refractivity contribution in [3.05, 3.63) is 29.8 Å². The van der Waals surface area contributed by atoms with Crippen molar-refractivity contribution in [2.24, 2.45) is 5.92 Å². The lowest BCUT2D eigenvalue weighted by atomic mass is 9.92. The first kappa shape index (κ1) is 17.8. The van der Waals surface area contributed by atoms with Gasteiger partial charge in [0.25, 0.3) is 0 Å². The predicted molar refractivity (Wildman–Crippen MR) is 75.0 cm³/mol. The normalized spacial score (nSPS) is 15.0. The van der Waals surface area contributed by atoms with E-state index in [0.29, 0.717) is 24.4 Å². The van der Waals surface area contributed by atoms with Crippen molar-refractivity contribution in [1.29, 1.82) is 0 Å². The van der Waals surface area contributed by atoms with Gasteiger partial charge in [-0.15, -0.1) is 13.2 Å². The molecule has 0 aromatic heterocycles. The summed E-state index contributed by atoms with van der Waals surface area (Å²) in [5.41, 5.74) is -0.815. The van der Waals surface area contributed by atoms with E-state index in [1.54, 1.807) is 13.0 Å². The summed E-state index contributed by atoms with van der Waals surface area (Å²) in [6, 6.07) is 5.46. The highest BCUT2D eigenvalue weighted by Crippen LogP contribution is 2.29. The van der Waals surface area contributed by atoms with Crippen LogP contribution in [0.25, 0.3) is 0 Å². The van der Waals surface area contributed by atoms with Crippen LogP contribution in [0.4, 0.5) is 13.2 Å². The lowest BCUT2D eigenvalue weighted by molar-refractivity contribution is -0.274. The molecule has 2 N–H and O–H groups in total. The number of nitrogens with one attached hydrogen (secondary N) is 1. The first-order valence-electron chi connectivity index (χ1n) is 6.89. The second-order valence-corrected chi connectivity index (χ2v) is 5.70. The fourth-order valence-electron chi connectivity index (χ4n) is 1.90. The Morgan fingerprint density at radius 3 is 2.52 bits per heavy atom. The molecule has 0 aliphatic heterocycles. The summed E-state index contributed by atoms with van der Waals surface area (Å²) in [7, 11) is 0. The van der Waals surface area contributed by atoms with Crippen LogP contribution >= 0.6 is 0 Å². The molecule has 1 unspecified atom stereocenters. The van der Waals surface area contributed by atoms with E-state index in [2.05, 4.69) is 23.9 Å². The van der Waals surface area contributed by atoms with E-state index in [4.69, 9.17) is 0 Å². The number of benzene rings is 1. The first-order valence-corrected chi connectivity index (χ1v) is 6.89. The van der Waals surface area contributed by atoms with Crippen LogP contribution in [0.3, 0.4) is 0 Å². The first-order chi connectivity index (χ1) is 9.60. The Labute approximate surface area is 123 Å². The lowest BCUT2D eigenvalue weighted by Crippen LogP contribution is -2.29. The molecule has 120 valence electrons. The van der Waals surface area contributed by atoms with Crippen LogP contribution < -0.4 is 10.1 Å². The van der Waals surface area contributed by atoms with Crippen LogP contribution in [0.15, 0.2) is 24.3 Å². The Balaban J connectivity index is 2.67. The quantitative estimate of drug-likeness (QED) is 0.758. The summed E-state index contributed by atoms with van der Waals surface area (Å²) in [5.74, 6) is 0.175. The molecular weight excluding hydrogens is 283 g/mol. The summed E-state index contributed by atoms with van der Waals surface area (Å²) in [5, 5.41) is 13.6. The van der Waals surface area contributed by atoms with Gasteiger partial charge in [-0.2, -0.15) is 0 Å². The molecule has 1 atom stereocenters. The lowest BCUT2D eigenvalue weighted by Gasteiger charge is -2.25. The molecule has 0 amide bonds. The van der Waals surface area contributed by atoms with Crippen LogP contribution in [0.1, 0.15) is 32.8 Å². The number of hydrogen-bond acceptors (Lipinski definition) is 3. The Bertz CT molecular complexity index is 445. The highest BCUT2D eigenvalue weighted by molar-refractivity contribution is 5.32. The van der Waals surface area contributed by atoms with E-state index < -0.39 is 12.0 Å². The molecule has 21 heavy (non-hydrogen) atoms. The zero-order chi connectivity index (χ0) is 16.1. The topological polar surface area (TPSA) is 41.5 Å². The molecule has 0 heterocycles. The van der Waals surface area contributed by atoms with Gasteiger partial charge in [-0.1, -0.05) is 26.0 Å². The summed E-state index contributed by atoms with van der Waals surface area (Å²) >= 11 is 0.